The van der Waals surface area contributed by atoms with Gasteiger partial charge in [-0.3, -0.25) is 9.69 Å². The molecule has 0 spiro atoms. The normalized spacial score (nSPS) is 10.6. The van der Waals surface area contributed by atoms with Crippen LogP contribution in [0.2, 0.25) is 0 Å². The van der Waals surface area contributed by atoms with E-state index in [0.717, 1.165) is 19.4 Å². The van der Waals surface area contributed by atoms with Crippen LogP contribution in [0.15, 0.2) is 30.3 Å². The van der Waals surface area contributed by atoms with Gasteiger partial charge in [-0.15, -0.1) is 0 Å². The first kappa shape index (κ1) is 14.7. The molecule has 3 N–H and O–H groups in total. The average Bonchev–Trinajstić information content (AvgIpc) is 2.37. The van der Waals surface area contributed by atoms with Gasteiger partial charge in [-0.1, -0.05) is 30.3 Å². The molecule has 1 amide bonds. The summed E-state index contributed by atoms with van der Waals surface area (Å²) in [6.07, 6.45) is 1.80. The summed E-state index contributed by atoms with van der Waals surface area (Å²) in [4.78, 5) is 13.6. The van der Waals surface area contributed by atoms with E-state index >= 15 is 0 Å². The fraction of sp³-hybridized carbons (Fsp3) is 0.500. The van der Waals surface area contributed by atoms with Gasteiger partial charge in [0.2, 0.25) is 5.91 Å². The van der Waals surface area contributed by atoms with E-state index in [1.54, 1.807) is 0 Å². The molecule has 0 saturated heterocycles. The molecule has 100 valence electrons. The van der Waals surface area contributed by atoms with E-state index in [1.165, 1.54) is 5.56 Å². The highest BCUT2D eigenvalue weighted by atomic mass is 16.2. The van der Waals surface area contributed by atoms with Gasteiger partial charge in [0.1, 0.15) is 0 Å². The maximum Gasteiger partial charge on any atom is 0.234 e. The van der Waals surface area contributed by atoms with Crippen LogP contribution in [0.4, 0.5) is 0 Å². The first-order chi connectivity index (χ1) is 8.72. The van der Waals surface area contributed by atoms with Crippen LogP contribution in [0.5, 0.6) is 0 Å². The van der Waals surface area contributed by atoms with Crippen molar-refractivity contribution >= 4 is 5.91 Å². The monoisotopic (exact) mass is 249 g/mol. The highest BCUT2D eigenvalue weighted by Gasteiger charge is 2.05. The third-order valence-corrected chi connectivity index (χ3v) is 2.74. The molecular weight excluding hydrogens is 226 g/mol. The Morgan fingerprint density at radius 3 is 2.72 bits per heavy atom. The number of carbonyl (C=O) groups excluding carboxylic acids is 1. The van der Waals surface area contributed by atoms with Crippen LogP contribution in [-0.4, -0.2) is 44.0 Å². The van der Waals surface area contributed by atoms with Gasteiger partial charge in [0.05, 0.1) is 6.54 Å². The van der Waals surface area contributed by atoms with Crippen molar-refractivity contribution in [2.45, 2.75) is 12.8 Å². The Bertz CT molecular complexity index is 340. The topological polar surface area (TPSA) is 58.4 Å². The molecule has 1 rings (SSSR count). The zero-order chi connectivity index (χ0) is 13.2. The summed E-state index contributed by atoms with van der Waals surface area (Å²) in [5, 5.41) is 2.93. The van der Waals surface area contributed by atoms with E-state index in [9.17, 15) is 4.79 Å². The maximum atomic E-state index is 11.6. The minimum Gasteiger partial charge on any atom is -0.355 e. The first-order valence-electron chi connectivity index (χ1n) is 6.41. The van der Waals surface area contributed by atoms with Gasteiger partial charge in [-0.05, 0) is 38.5 Å². The Hall–Kier alpha value is -1.39. The molecule has 0 heterocycles. The van der Waals surface area contributed by atoms with Crippen molar-refractivity contribution in [3.8, 4) is 0 Å². The summed E-state index contributed by atoms with van der Waals surface area (Å²) in [6.45, 7) is 2.66. The molecular formula is C14H23N3O. The van der Waals surface area contributed by atoms with Crippen LogP contribution in [0.3, 0.4) is 0 Å². The van der Waals surface area contributed by atoms with Crippen molar-refractivity contribution in [2.24, 2.45) is 5.73 Å². The molecule has 0 radical (unpaired) electrons. The number of carbonyl (C=O) groups is 1. The lowest BCUT2D eigenvalue weighted by Gasteiger charge is -2.15. The standard InChI is InChI=1S/C14H23N3O/c1-17(11-5-9-15)12-14(18)16-10-8-13-6-3-2-4-7-13/h2-4,6-7H,5,8-12,15H2,1H3,(H,16,18). The lowest BCUT2D eigenvalue weighted by Crippen LogP contribution is -2.36. The van der Waals surface area contributed by atoms with Gasteiger partial charge in [0.15, 0.2) is 0 Å². The number of benzene rings is 1. The zero-order valence-corrected chi connectivity index (χ0v) is 11.1. The number of rotatable bonds is 8. The highest BCUT2D eigenvalue weighted by Crippen LogP contribution is 1.98. The SMILES string of the molecule is CN(CCCN)CC(=O)NCCc1ccccc1. The third kappa shape index (κ3) is 6.37. The van der Waals surface area contributed by atoms with Gasteiger partial charge in [-0.25, -0.2) is 0 Å². The second kappa shape index (κ2) is 8.66. The fourth-order valence-electron chi connectivity index (χ4n) is 1.73. The molecule has 18 heavy (non-hydrogen) atoms. The summed E-state index contributed by atoms with van der Waals surface area (Å²) in [6, 6.07) is 10.2. The van der Waals surface area contributed by atoms with Crippen LogP contribution in [0.1, 0.15) is 12.0 Å². The van der Waals surface area contributed by atoms with E-state index < -0.39 is 0 Å². The second-order valence-electron chi connectivity index (χ2n) is 4.47. The van der Waals surface area contributed by atoms with E-state index in [2.05, 4.69) is 17.4 Å². The van der Waals surface area contributed by atoms with Crippen molar-refractivity contribution < 1.29 is 4.79 Å². The number of nitrogens with zero attached hydrogens (tertiary/aromatic N) is 1. The largest absolute Gasteiger partial charge is 0.355 e. The number of hydrogen-bond acceptors (Lipinski definition) is 3. The summed E-state index contributed by atoms with van der Waals surface area (Å²) < 4.78 is 0. The zero-order valence-electron chi connectivity index (χ0n) is 11.1. The van der Waals surface area contributed by atoms with Crippen molar-refractivity contribution in [1.29, 1.82) is 0 Å². The first-order valence-corrected chi connectivity index (χ1v) is 6.41. The van der Waals surface area contributed by atoms with Gasteiger partial charge < -0.3 is 11.1 Å². The molecule has 0 fully saturated rings. The van der Waals surface area contributed by atoms with Crippen LogP contribution >= 0.6 is 0 Å². The molecule has 0 aliphatic rings. The van der Waals surface area contributed by atoms with Crippen LogP contribution < -0.4 is 11.1 Å². The van der Waals surface area contributed by atoms with Gasteiger partial charge in [-0.2, -0.15) is 0 Å². The van der Waals surface area contributed by atoms with Crippen molar-refractivity contribution in [3.63, 3.8) is 0 Å². The van der Waals surface area contributed by atoms with Crippen LogP contribution in [-0.2, 0) is 11.2 Å². The Kier molecular flexibility index (Phi) is 7.06. The molecule has 1 aromatic carbocycles. The summed E-state index contributed by atoms with van der Waals surface area (Å²) in [5.74, 6) is 0.0745. The number of nitrogens with two attached hydrogens (primary N) is 1. The fourth-order valence-corrected chi connectivity index (χ4v) is 1.73. The third-order valence-electron chi connectivity index (χ3n) is 2.74. The summed E-state index contributed by atoms with van der Waals surface area (Å²) in [7, 11) is 1.94. The predicted octanol–water partition coefficient (Wildman–Crippen LogP) is 0.626. The van der Waals surface area contributed by atoms with Gasteiger partial charge >= 0.3 is 0 Å². The van der Waals surface area contributed by atoms with Crippen LogP contribution in [0.25, 0.3) is 0 Å². The van der Waals surface area contributed by atoms with Crippen LogP contribution in [0, 0.1) is 0 Å². The Morgan fingerprint density at radius 2 is 2.06 bits per heavy atom. The molecule has 0 unspecified atom stereocenters. The highest BCUT2D eigenvalue weighted by molar-refractivity contribution is 5.77. The van der Waals surface area contributed by atoms with E-state index in [4.69, 9.17) is 5.73 Å². The van der Waals surface area contributed by atoms with Gasteiger partial charge in [0, 0.05) is 6.54 Å². The van der Waals surface area contributed by atoms with E-state index in [0.29, 0.717) is 19.6 Å². The molecule has 4 nitrogen and oxygen atoms in total. The smallest absolute Gasteiger partial charge is 0.234 e. The lowest BCUT2D eigenvalue weighted by atomic mass is 10.1. The number of nitrogens with one attached hydrogen (secondary N) is 1. The Morgan fingerprint density at radius 1 is 1.33 bits per heavy atom. The van der Waals surface area contributed by atoms with E-state index in [1.807, 2.05) is 30.1 Å². The molecule has 0 aliphatic carbocycles. The molecule has 4 heteroatoms. The molecule has 0 atom stereocenters. The predicted molar refractivity (Wildman–Crippen MR) is 74.3 cm³/mol. The minimum absolute atomic E-state index is 0.0745. The van der Waals surface area contributed by atoms with Crippen molar-refractivity contribution in [1.82, 2.24) is 10.2 Å². The number of hydrogen-bond donors (Lipinski definition) is 2. The second-order valence-corrected chi connectivity index (χ2v) is 4.47. The molecule has 0 aromatic heterocycles. The van der Waals surface area contributed by atoms with Crippen molar-refractivity contribution in [2.75, 3.05) is 33.2 Å². The quantitative estimate of drug-likeness (QED) is 0.710. The van der Waals surface area contributed by atoms with Crippen molar-refractivity contribution in [3.05, 3.63) is 35.9 Å². The molecule has 0 bridgehead atoms. The minimum atomic E-state index is 0.0745. The molecule has 0 saturated carbocycles. The Balaban J connectivity index is 2.13. The summed E-state index contributed by atoms with van der Waals surface area (Å²) >= 11 is 0. The maximum absolute atomic E-state index is 11.6. The lowest BCUT2D eigenvalue weighted by molar-refractivity contribution is -0.121. The number of likely N-dealkylation sites (N-methyl/N-ethyl adjacent to an activating group) is 1. The molecule has 1 aromatic rings. The van der Waals surface area contributed by atoms with E-state index in [-0.39, 0.29) is 5.91 Å². The van der Waals surface area contributed by atoms with Gasteiger partial charge in [0.25, 0.3) is 0 Å². The molecule has 0 aliphatic heterocycles. The Labute approximate surface area is 109 Å². The number of amides is 1. The average molecular weight is 249 g/mol. The summed E-state index contributed by atoms with van der Waals surface area (Å²) in [5.41, 5.74) is 6.67.